The molecule has 0 atom stereocenters. The summed E-state index contributed by atoms with van der Waals surface area (Å²) in [6.07, 6.45) is 6.19. The van der Waals surface area contributed by atoms with Gasteiger partial charge in [0.15, 0.2) is 11.5 Å². The zero-order valence-corrected chi connectivity index (χ0v) is 13.2. The van der Waals surface area contributed by atoms with Crippen LogP contribution in [0.5, 0.6) is 0 Å². The summed E-state index contributed by atoms with van der Waals surface area (Å²) >= 11 is 0. The molecule has 2 aromatic heterocycles. The molecule has 3 aromatic rings. The zero-order chi connectivity index (χ0) is 18.4. The van der Waals surface area contributed by atoms with Gasteiger partial charge < -0.3 is 8.94 Å². The summed E-state index contributed by atoms with van der Waals surface area (Å²) in [6.45, 7) is 0. The van der Waals surface area contributed by atoms with Crippen LogP contribution in [-0.4, -0.2) is 22.2 Å². The first-order valence-electron chi connectivity index (χ1n) is 7.38. The summed E-state index contributed by atoms with van der Waals surface area (Å²) < 4.78 is 10.2. The van der Waals surface area contributed by atoms with Gasteiger partial charge in [-0.05, 0) is 42.0 Å². The Bertz CT molecular complexity index is 955. The lowest BCUT2D eigenvalue weighted by Crippen LogP contribution is -2.17. The van der Waals surface area contributed by atoms with E-state index in [1.54, 1.807) is 30.5 Å². The second kappa shape index (κ2) is 7.71. The quantitative estimate of drug-likeness (QED) is 0.413. The van der Waals surface area contributed by atoms with Gasteiger partial charge in [-0.15, -0.1) is 0 Å². The maximum absolute atomic E-state index is 11.9. The van der Waals surface area contributed by atoms with Gasteiger partial charge in [0.25, 0.3) is 11.6 Å². The Kier molecular flexibility index (Phi) is 4.99. The van der Waals surface area contributed by atoms with Gasteiger partial charge >= 0.3 is 0 Å². The lowest BCUT2D eigenvalue weighted by Gasteiger charge is -1.95. The molecule has 2 heterocycles. The Labute approximate surface area is 146 Å². The van der Waals surface area contributed by atoms with Crippen molar-refractivity contribution in [2.45, 2.75) is 0 Å². The number of hydrogen-bond donors (Lipinski definition) is 1. The molecule has 0 saturated carbocycles. The van der Waals surface area contributed by atoms with Crippen LogP contribution in [0.25, 0.3) is 12.2 Å². The average molecular weight is 352 g/mol. The number of furan rings is 1. The average Bonchev–Trinajstić information content (AvgIpc) is 3.32. The van der Waals surface area contributed by atoms with Crippen LogP contribution >= 0.6 is 0 Å². The standard InChI is InChI=1S/C17H12N4O5/c22-17(19-18-11-12-3-5-13(6-4-12)21(23)24)16-10-15(26-20-16)8-7-14-2-1-9-25-14/h1-11H,(H,19,22)/b8-7-,18-11+. The molecule has 0 radical (unpaired) electrons. The molecular weight excluding hydrogens is 340 g/mol. The Morgan fingerprint density at radius 1 is 1.19 bits per heavy atom. The topological polar surface area (TPSA) is 124 Å². The van der Waals surface area contributed by atoms with E-state index in [2.05, 4.69) is 15.7 Å². The van der Waals surface area contributed by atoms with Crippen molar-refractivity contribution in [3.63, 3.8) is 0 Å². The first-order valence-corrected chi connectivity index (χ1v) is 7.38. The van der Waals surface area contributed by atoms with E-state index in [9.17, 15) is 14.9 Å². The molecule has 1 N–H and O–H groups in total. The summed E-state index contributed by atoms with van der Waals surface area (Å²) in [6, 6.07) is 10.7. The molecule has 0 aliphatic heterocycles. The number of rotatable bonds is 6. The Morgan fingerprint density at radius 2 is 1.96 bits per heavy atom. The monoisotopic (exact) mass is 352 g/mol. The third kappa shape index (κ3) is 4.29. The third-order valence-electron chi connectivity index (χ3n) is 3.20. The number of amides is 1. The maximum Gasteiger partial charge on any atom is 0.293 e. The van der Waals surface area contributed by atoms with Crippen LogP contribution in [0.4, 0.5) is 5.69 Å². The lowest BCUT2D eigenvalue weighted by atomic mass is 10.2. The molecule has 1 amide bonds. The van der Waals surface area contributed by atoms with Crippen molar-refractivity contribution >= 4 is 30.0 Å². The van der Waals surface area contributed by atoms with Crippen LogP contribution < -0.4 is 5.43 Å². The molecule has 0 unspecified atom stereocenters. The molecule has 9 heteroatoms. The molecule has 0 bridgehead atoms. The van der Waals surface area contributed by atoms with Gasteiger partial charge in [0.1, 0.15) is 5.76 Å². The molecule has 130 valence electrons. The van der Waals surface area contributed by atoms with Crippen molar-refractivity contribution in [2.24, 2.45) is 5.10 Å². The highest BCUT2D eigenvalue weighted by Gasteiger charge is 2.10. The van der Waals surface area contributed by atoms with E-state index in [0.29, 0.717) is 17.1 Å². The summed E-state index contributed by atoms with van der Waals surface area (Å²) in [5.74, 6) is 0.468. The van der Waals surface area contributed by atoms with Crippen LogP contribution in [0.15, 0.2) is 62.8 Å². The fraction of sp³-hybridized carbons (Fsp3) is 0. The van der Waals surface area contributed by atoms with Gasteiger partial charge in [-0.3, -0.25) is 14.9 Å². The fourth-order valence-corrected chi connectivity index (χ4v) is 1.93. The number of non-ortho nitro benzene ring substituents is 1. The number of hydrogen-bond acceptors (Lipinski definition) is 7. The number of aromatic nitrogens is 1. The second-order valence-electron chi connectivity index (χ2n) is 5.01. The first kappa shape index (κ1) is 16.8. The van der Waals surface area contributed by atoms with Crippen molar-refractivity contribution in [3.8, 4) is 0 Å². The molecule has 3 rings (SSSR count). The third-order valence-corrected chi connectivity index (χ3v) is 3.20. The highest BCUT2D eigenvalue weighted by molar-refractivity contribution is 5.93. The minimum Gasteiger partial charge on any atom is -0.465 e. The molecule has 0 fully saturated rings. The Hall–Kier alpha value is -4.01. The zero-order valence-electron chi connectivity index (χ0n) is 13.2. The number of nitrogens with zero attached hydrogens (tertiary/aromatic N) is 3. The SMILES string of the molecule is O=C(N/N=C/c1ccc([N+](=O)[O-])cc1)c1cc(/C=C\c2ccco2)on1. The number of benzene rings is 1. The first-order chi connectivity index (χ1) is 12.6. The van der Waals surface area contributed by atoms with E-state index in [0.717, 1.165) is 0 Å². The van der Waals surface area contributed by atoms with Gasteiger partial charge in [0, 0.05) is 18.2 Å². The smallest absolute Gasteiger partial charge is 0.293 e. The van der Waals surface area contributed by atoms with E-state index in [-0.39, 0.29) is 11.4 Å². The number of nitro groups is 1. The normalized spacial score (nSPS) is 11.2. The minimum absolute atomic E-state index is 0.0242. The number of carbonyl (C=O) groups excluding carboxylic acids is 1. The summed E-state index contributed by atoms with van der Waals surface area (Å²) in [4.78, 5) is 22.0. The summed E-state index contributed by atoms with van der Waals surface area (Å²) in [5, 5.41) is 18.0. The maximum atomic E-state index is 11.9. The van der Waals surface area contributed by atoms with Crippen LogP contribution in [0.2, 0.25) is 0 Å². The Morgan fingerprint density at radius 3 is 2.65 bits per heavy atom. The van der Waals surface area contributed by atoms with Crippen molar-refractivity contribution < 1.29 is 18.7 Å². The lowest BCUT2D eigenvalue weighted by molar-refractivity contribution is -0.384. The van der Waals surface area contributed by atoms with E-state index < -0.39 is 10.8 Å². The van der Waals surface area contributed by atoms with Gasteiger partial charge in [-0.1, -0.05) is 5.16 Å². The van der Waals surface area contributed by atoms with Gasteiger partial charge in [-0.25, -0.2) is 5.43 Å². The van der Waals surface area contributed by atoms with Crippen molar-refractivity contribution in [3.05, 3.63) is 81.6 Å². The summed E-state index contributed by atoms with van der Waals surface area (Å²) in [5.41, 5.74) is 2.93. The van der Waals surface area contributed by atoms with Crippen LogP contribution in [0.1, 0.15) is 27.6 Å². The number of nitro benzene ring substituents is 1. The molecule has 0 spiro atoms. The predicted molar refractivity (Wildman–Crippen MR) is 92.3 cm³/mol. The summed E-state index contributed by atoms with van der Waals surface area (Å²) in [7, 11) is 0. The van der Waals surface area contributed by atoms with Crippen LogP contribution in [0.3, 0.4) is 0 Å². The molecule has 26 heavy (non-hydrogen) atoms. The number of hydrazone groups is 1. The van der Waals surface area contributed by atoms with E-state index in [1.165, 1.54) is 36.5 Å². The molecule has 0 aliphatic carbocycles. The highest BCUT2D eigenvalue weighted by Crippen LogP contribution is 2.11. The largest absolute Gasteiger partial charge is 0.465 e. The van der Waals surface area contributed by atoms with Crippen molar-refractivity contribution in [2.75, 3.05) is 0 Å². The van der Waals surface area contributed by atoms with E-state index >= 15 is 0 Å². The van der Waals surface area contributed by atoms with Crippen LogP contribution in [-0.2, 0) is 0 Å². The van der Waals surface area contributed by atoms with E-state index in [4.69, 9.17) is 8.94 Å². The second-order valence-corrected chi connectivity index (χ2v) is 5.01. The Balaban J connectivity index is 1.57. The molecule has 0 saturated heterocycles. The molecule has 0 aliphatic rings. The molecular formula is C17H12N4O5. The van der Waals surface area contributed by atoms with Gasteiger partial charge in [0.2, 0.25) is 0 Å². The van der Waals surface area contributed by atoms with Crippen LogP contribution in [0, 0.1) is 10.1 Å². The highest BCUT2D eigenvalue weighted by atomic mass is 16.6. The predicted octanol–water partition coefficient (Wildman–Crippen LogP) is 3.11. The van der Waals surface area contributed by atoms with Gasteiger partial charge in [-0.2, -0.15) is 5.10 Å². The fourth-order valence-electron chi connectivity index (χ4n) is 1.93. The minimum atomic E-state index is -0.551. The van der Waals surface area contributed by atoms with Gasteiger partial charge in [0.05, 0.1) is 17.4 Å². The van der Waals surface area contributed by atoms with E-state index in [1.807, 2.05) is 0 Å². The van der Waals surface area contributed by atoms with Crippen molar-refractivity contribution in [1.82, 2.24) is 10.6 Å². The number of nitrogens with one attached hydrogen (secondary N) is 1. The van der Waals surface area contributed by atoms with Crippen molar-refractivity contribution in [1.29, 1.82) is 0 Å². The molecule has 9 nitrogen and oxygen atoms in total. The molecule has 1 aromatic carbocycles. The number of carbonyl (C=O) groups is 1.